The molecule has 1 aromatic heterocycles. The van der Waals surface area contributed by atoms with Crippen LogP contribution in [-0.4, -0.2) is 15.6 Å². The first-order valence-electron chi connectivity index (χ1n) is 7.44. The number of carbonyl (C=O) groups excluding carboxylic acids is 1. The molecule has 0 fully saturated rings. The molecule has 0 spiro atoms. The number of halogens is 1. The summed E-state index contributed by atoms with van der Waals surface area (Å²) in [6.07, 6.45) is 4.27. The number of ether oxygens (including phenoxy) is 1. The number of hydrogen-bond donors (Lipinski definition) is 1. The van der Waals surface area contributed by atoms with Crippen LogP contribution < -0.4 is 5.32 Å². The van der Waals surface area contributed by atoms with Crippen LogP contribution in [-0.2, 0) is 11.3 Å². The van der Waals surface area contributed by atoms with Crippen molar-refractivity contribution in [2.45, 2.75) is 12.6 Å². The second-order valence-corrected chi connectivity index (χ2v) is 5.63. The van der Waals surface area contributed by atoms with E-state index in [4.69, 9.17) is 16.3 Å². The number of aromatic nitrogens is 2. The monoisotopic (exact) mass is 341 g/mol. The lowest BCUT2D eigenvalue weighted by Gasteiger charge is -2.19. The number of amides is 1. The summed E-state index contributed by atoms with van der Waals surface area (Å²) in [5, 5.41) is 3.31. The van der Waals surface area contributed by atoms with Gasteiger partial charge in [0.25, 0.3) is 0 Å². The Bertz CT molecular complexity index is 774. The lowest BCUT2D eigenvalue weighted by Crippen LogP contribution is -2.20. The minimum Gasteiger partial charge on any atom is -0.439 e. The zero-order valence-electron chi connectivity index (χ0n) is 12.8. The Morgan fingerprint density at radius 2 is 1.92 bits per heavy atom. The smallest absolute Gasteiger partial charge is 0.412 e. The van der Waals surface area contributed by atoms with E-state index in [-0.39, 0.29) is 0 Å². The quantitative estimate of drug-likeness (QED) is 0.742. The van der Waals surface area contributed by atoms with Crippen LogP contribution in [0, 0.1) is 0 Å². The molecule has 2 aromatic carbocycles. The number of hydrogen-bond acceptors (Lipinski definition) is 3. The maximum absolute atomic E-state index is 12.2. The van der Waals surface area contributed by atoms with Crippen LogP contribution in [0.1, 0.15) is 11.7 Å². The fourth-order valence-corrected chi connectivity index (χ4v) is 2.40. The number of imidazole rings is 1. The first-order valence-corrected chi connectivity index (χ1v) is 7.82. The summed E-state index contributed by atoms with van der Waals surface area (Å²) in [6, 6.07) is 16.5. The van der Waals surface area contributed by atoms with Gasteiger partial charge in [0, 0.05) is 23.1 Å². The minimum atomic E-state index is -0.522. The molecule has 0 aliphatic rings. The average Bonchev–Trinajstić information content (AvgIpc) is 3.10. The van der Waals surface area contributed by atoms with Crippen molar-refractivity contribution in [1.29, 1.82) is 0 Å². The molecule has 122 valence electrons. The summed E-state index contributed by atoms with van der Waals surface area (Å²) < 4.78 is 7.48. The van der Waals surface area contributed by atoms with E-state index in [1.165, 1.54) is 0 Å². The zero-order chi connectivity index (χ0) is 16.8. The third kappa shape index (κ3) is 4.36. The van der Waals surface area contributed by atoms with Gasteiger partial charge in [0.15, 0.2) is 0 Å². The van der Waals surface area contributed by atoms with E-state index in [9.17, 15) is 4.79 Å². The van der Waals surface area contributed by atoms with Crippen molar-refractivity contribution in [3.05, 3.63) is 83.9 Å². The molecule has 0 aliphatic carbocycles. The molecule has 1 N–H and O–H groups in total. The maximum atomic E-state index is 12.2. The van der Waals surface area contributed by atoms with Gasteiger partial charge in [-0.05, 0) is 29.8 Å². The molecule has 0 saturated heterocycles. The van der Waals surface area contributed by atoms with Crippen LogP contribution >= 0.6 is 11.6 Å². The molecule has 1 atom stereocenters. The predicted octanol–water partition coefficient (Wildman–Crippen LogP) is 4.53. The van der Waals surface area contributed by atoms with Gasteiger partial charge >= 0.3 is 6.09 Å². The molecule has 0 radical (unpaired) electrons. The van der Waals surface area contributed by atoms with Gasteiger partial charge < -0.3 is 9.30 Å². The van der Waals surface area contributed by atoms with E-state index >= 15 is 0 Å². The molecule has 24 heavy (non-hydrogen) atoms. The first kappa shape index (κ1) is 16.1. The van der Waals surface area contributed by atoms with Crippen molar-refractivity contribution in [3.63, 3.8) is 0 Å². The van der Waals surface area contributed by atoms with Gasteiger partial charge in [-0.1, -0.05) is 41.9 Å². The number of anilines is 1. The van der Waals surface area contributed by atoms with Crippen molar-refractivity contribution >= 4 is 23.4 Å². The van der Waals surface area contributed by atoms with Gasteiger partial charge in [-0.15, -0.1) is 0 Å². The fraction of sp³-hybridized carbons (Fsp3) is 0.111. The molecular weight excluding hydrogens is 326 g/mol. The van der Waals surface area contributed by atoms with Gasteiger partial charge in [-0.25, -0.2) is 9.78 Å². The standard InChI is InChI=1S/C18H16ClN3O2/c19-15-6-8-16(9-7-15)21-18(23)24-17(12-22-11-10-20-13-22)14-4-2-1-3-5-14/h1-11,13,17H,12H2,(H,21,23). The highest BCUT2D eigenvalue weighted by atomic mass is 35.5. The molecule has 6 heteroatoms. The molecule has 3 aromatic rings. The van der Waals surface area contributed by atoms with Crippen molar-refractivity contribution in [3.8, 4) is 0 Å². The van der Waals surface area contributed by atoms with Crippen LogP contribution in [0.15, 0.2) is 73.3 Å². The van der Waals surface area contributed by atoms with Gasteiger partial charge in [-0.3, -0.25) is 5.32 Å². The van der Waals surface area contributed by atoms with Crippen LogP contribution in [0.4, 0.5) is 10.5 Å². The van der Waals surface area contributed by atoms with Crippen LogP contribution in [0.3, 0.4) is 0 Å². The molecule has 0 aliphatic heterocycles. The summed E-state index contributed by atoms with van der Waals surface area (Å²) in [5.41, 5.74) is 1.54. The largest absolute Gasteiger partial charge is 0.439 e. The van der Waals surface area contributed by atoms with E-state index in [1.54, 1.807) is 36.8 Å². The van der Waals surface area contributed by atoms with Gasteiger partial charge in [-0.2, -0.15) is 0 Å². The molecular formula is C18H16ClN3O2. The summed E-state index contributed by atoms with van der Waals surface area (Å²) >= 11 is 5.84. The Morgan fingerprint density at radius 3 is 2.58 bits per heavy atom. The van der Waals surface area contributed by atoms with E-state index < -0.39 is 12.2 Å². The molecule has 0 bridgehead atoms. The Labute approximate surface area is 144 Å². The Hall–Kier alpha value is -2.79. The molecule has 5 nitrogen and oxygen atoms in total. The topological polar surface area (TPSA) is 56.1 Å². The summed E-state index contributed by atoms with van der Waals surface area (Å²) in [4.78, 5) is 16.2. The van der Waals surface area contributed by atoms with Crippen molar-refractivity contribution in [2.75, 3.05) is 5.32 Å². The minimum absolute atomic E-state index is 0.423. The van der Waals surface area contributed by atoms with E-state index in [1.807, 2.05) is 41.1 Å². The van der Waals surface area contributed by atoms with Crippen molar-refractivity contribution in [2.24, 2.45) is 0 Å². The van der Waals surface area contributed by atoms with Crippen LogP contribution in [0.5, 0.6) is 0 Å². The van der Waals surface area contributed by atoms with E-state index in [0.717, 1.165) is 5.56 Å². The number of nitrogens with one attached hydrogen (secondary N) is 1. The second kappa shape index (κ2) is 7.66. The lowest BCUT2D eigenvalue weighted by molar-refractivity contribution is 0.0998. The maximum Gasteiger partial charge on any atom is 0.412 e. The molecule has 1 unspecified atom stereocenters. The van der Waals surface area contributed by atoms with E-state index in [2.05, 4.69) is 10.3 Å². The Kier molecular flexibility index (Phi) is 5.13. The Balaban J connectivity index is 1.71. The number of benzene rings is 2. The fourth-order valence-electron chi connectivity index (χ4n) is 2.27. The van der Waals surface area contributed by atoms with Crippen LogP contribution in [0.2, 0.25) is 5.02 Å². The van der Waals surface area contributed by atoms with Gasteiger partial charge in [0.05, 0.1) is 12.9 Å². The molecule has 1 amide bonds. The normalized spacial score (nSPS) is 11.7. The lowest BCUT2D eigenvalue weighted by atomic mass is 10.1. The zero-order valence-corrected chi connectivity index (χ0v) is 13.6. The second-order valence-electron chi connectivity index (χ2n) is 5.20. The van der Waals surface area contributed by atoms with E-state index in [0.29, 0.717) is 17.3 Å². The highest BCUT2D eigenvalue weighted by Gasteiger charge is 2.17. The first-order chi connectivity index (χ1) is 11.7. The molecule has 3 rings (SSSR count). The summed E-state index contributed by atoms with van der Waals surface area (Å²) in [7, 11) is 0. The average molecular weight is 342 g/mol. The number of carbonyl (C=O) groups is 1. The SMILES string of the molecule is O=C(Nc1ccc(Cl)cc1)OC(Cn1ccnc1)c1ccccc1. The van der Waals surface area contributed by atoms with Crippen LogP contribution in [0.25, 0.3) is 0 Å². The number of nitrogens with zero attached hydrogens (tertiary/aromatic N) is 2. The number of rotatable bonds is 5. The summed E-state index contributed by atoms with van der Waals surface area (Å²) in [5.74, 6) is 0. The summed E-state index contributed by atoms with van der Waals surface area (Å²) in [6.45, 7) is 0.484. The van der Waals surface area contributed by atoms with Gasteiger partial charge in [0.1, 0.15) is 6.10 Å². The van der Waals surface area contributed by atoms with Crippen molar-refractivity contribution < 1.29 is 9.53 Å². The molecule has 1 heterocycles. The molecule has 0 saturated carbocycles. The third-order valence-electron chi connectivity index (χ3n) is 3.45. The highest BCUT2D eigenvalue weighted by molar-refractivity contribution is 6.30. The Morgan fingerprint density at radius 1 is 1.17 bits per heavy atom. The highest BCUT2D eigenvalue weighted by Crippen LogP contribution is 2.21. The van der Waals surface area contributed by atoms with Crippen molar-refractivity contribution in [1.82, 2.24) is 9.55 Å². The third-order valence-corrected chi connectivity index (χ3v) is 3.70. The van der Waals surface area contributed by atoms with Gasteiger partial charge in [0.2, 0.25) is 0 Å². The predicted molar refractivity (Wildman–Crippen MR) is 93.0 cm³/mol.